The van der Waals surface area contributed by atoms with Crippen molar-refractivity contribution in [1.29, 1.82) is 0 Å². The number of benzene rings is 2. The molecule has 0 aromatic heterocycles. The van der Waals surface area contributed by atoms with Crippen LogP contribution in [0.25, 0.3) is 0 Å². The molecule has 0 radical (unpaired) electrons. The van der Waals surface area contributed by atoms with E-state index < -0.39 is 0 Å². The van der Waals surface area contributed by atoms with Crippen LogP contribution < -0.4 is 5.32 Å². The molecule has 2 aromatic rings. The van der Waals surface area contributed by atoms with Gasteiger partial charge in [0.05, 0.1) is 18.8 Å². The molecule has 0 spiro atoms. The van der Waals surface area contributed by atoms with Gasteiger partial charge < -0.3 is 15.1 Å². The molecule has 1 atom stereocenters. The Morgan fingerprint density at radius 2 is 1.93 bits per heavy atom. The fourth-order valence-electron chi connectivity index (χ4n) is 2.97. The number of nitrogens with zero attached hydrogens (tertiary/aromatic N) is 2. The molecule has 0 aliphatic carbocycles. The largest absolute Gasteiger partial charge is 0.390 e. The first-order valence-corrected chi connectivity index (χ1v) is 9.20. The van der Waals surface area contributed by atoms with Crippen LogP contribution in [0.1, 0.15) is 31.4 Å². The summed E-state index contributed by atoms with van der Waals surface area (Å²) in [7, 11) is 0. The van der Waals surface area contributed by atoms with Gasteiger partial charge in [0.1, 0.15) is 11.6 Å². The zero-order chi connectivity index (χ0) is 20.1. The highest BCUT2D eigenvalue weighted by Gasteiger charge is 2.27. The van der Waals surface area contributed by atoms with Crippen molar-refractivity contribution < 1.29 is 18.4 Å². The van der Waals surface area contributed by atoms with E-state index in [4.69, 9.17) is 4.84 Å². The normalized spacial score (nSPS) is 15.9. The maximum atomic E-state index is 14.1. The minimum absolute atomic E-state index is 0.0499. The molecule has 1 aliphatic heterocycles. The van der Waals surface area contributed by atoms with Gasteiger partial charge in [-0.05, 0) is 37.6 Å². The molecule has 5 nitrogen and oxygen atoms in total. The van der Waals surface area contributed by atoms with Crippen molar-refractivity contribution in [2.45, 2.75) is 39.0 Å². The Bertz CT molecular complexity index is 853. The van der Waals surface area contributed by atoms with Crippen LogP contribution in [0.5, 0.6) is 0 Å². The Hall–Kier alpha value is -2.96. The molecule has 2 amide bonds. The summed E-state index contributed by atoms with van der Waals surface area (Å²) in [6, 6.07) is 12.0. The molecule has 0 saturated heterocycles. The number of oxime groups is 1. The Labute approximate surface area is 163 Å². The van der Waals surface area contributed by atoms with E-state index in [9.17, 15) is 13.6 Å². The maximum absolute atomic E-state index is 14.1. The van der Waals surface area contributed by atoms with Crippen molar-refractivity contribution in [3.8, 4) is 0 Å². The minimum atomic E-state index is -0.361. The van der Waals surface area contributed by atoms with Crippen molar-refractivity contribution in [1.82, 2.24) is 10.2 Å². The van der Waals surface area contributed by atoms with Crippen molar-refractivity contribution in [3.05, 3.63) is 71.3 Å². The summed E-state index contributed by atoms with van der Waals surface area (Å²) >= 11 is 0. The zero-order valence-corrected chi connectivity index (χ0v) is 15.9. The summed E-state index contributed by atoms with van der Waals surface area (Å²) in [6.45, 7) is 4.10. The average Bonchev–Trinajstić information content (AvgIpc) is 3.11. The first-order valence-electron chi connectivity index (χ1n) is 9.20. The lowest BCUT2D eigenvalue weighted by molar-refractivity contribution is 0.0584. The quantitative estimate of drug-likeness (QED) is 0.812. The molecule has 1 N–H and O–H groups in total. The highest BCUT2D eigenvalue weighted by atomic mass is 19.1. The van der Waals surface area contributed by atoms with Crippen LogP contribution in [0.15, 0.2) is 53.7 Å². The second-order valence-corrected chi connectivity index (χ2v) is 7.05. The minimum Gasteiger partial charge on any atom is -0.390 e. The zero-order valence-electron chi connectivity index (χ0n) is 15.9. The predicted octanol–water partition coefficient (Wildman–Crippen LogP) is 4.08. The lowest BCUT2D eigenvalue weighted by atomic mass is 10.0. The summed E-state index contributed by atoms with van der Waals surface area (Å²) < 4.78 is 27.2. The van der Waals surface area contributed by atoms with Gasteiger partial charge in [0.2, 0.25) is 0 Å². The van der Waals surface area contributed by atoms with Gasteiger partial charge in [-0.1, -0.05) is 35.5 Å². The third-order valence-electron chi connectivity index (χ3n) is 4.35. The summed E-state index contributed by atoms with van der Waals surface area (Å²) in [4.78, 5) is 19.6. The molecular formula is C21H23F2N3O2. The van der Waals surface area contributed by atoms with Crippen LogP contribution >= 0.6 is 0 Å². The maximum Gasteiger partial charge on any atom is 0.318 e. The van der Waals surface area contributed by atoms with Crippen LogP contribution in [0.2, 0.25) is 0 Å². The number of nitrogens with one attached hydrogen (secondary N) is 1. The monoisotopic (exact) mass is 387 g/mol. The number of amides is 2. The average molecular weight is 387 g/mol. The van der Waals surface area contributed by atoms with E-state index in [1.807, 2.05) is 13.8 Å². The van der Waals surface area contributed by atoms with Gasteiger partial charge in [-0.25, -0.2) is 13.6 Å². The summed E-state index contributed by atoms with van der Waals surface area (Å²) in [5, 5.41) is 6.91. The fraction of sp³-hybridized carbons (Fsp3) is 0.333. The number of halogens is 2. The molecule has 0 saturated carbocycles. The summed E-state index contributed by atoms with van der Waals surface area (Å²) in [6.07, 6.45) is 0.124. The summed E-state index contributed by atoms with van der Waals surface area (Å²) in [5.74, 6) is -0.679. The Morgan fingerprint density at radius 1 is 1.21 bits per heavy atom. The van der Waals surface area contributed by atoms with Crippen molar-refractivity contribution >= 4 is 11.7 Å². The Morgan fingerprint density at radius 3 is 2.61 bits per heavy atom. The van der Waals surface area contributed by atoms with Crippen LogP contribution in [0.4, 0.5) is 13.6 Å². The predicted molar refractivity (Wildman–Crippen MR) is 103 cm³/mol. The van der Waals surface area contributed by atoms with Crippen molar-refractivity contribution in [2.75, 3.05) is 6.54 Å². The van der Waals surface area contributed by atoms with E-state index in [0.717, 1.165) is 5.56 Å². The number of carbonyl (C=O) groups is 1. The third-order valence-corrected chi connectivity index (χ3v) is 4.35. The first-order chi connectivity index (χ1) is 13.4. The number of urea groups is 1. The number of hydrogen-bond donors (Lipinski definition) is 1. The van der Waals surface area contributed by atoms with Crippen LogP contribution in [0.3, 0.4) is 0 Å². The van der Waals surface area contributed by atoms with Gasteiger partial charge in [-0.2, -0.15) is 0 Å². The molecule has 1 heterocycles. The van der Waals surface area contributed by atoms with Gasteiger partial charge in [0, 0.05) is 18.0 Å². The van der Waals surface area contributed by atoms with Crippen LogP contribution in [-0.2, 0) is 11.4 Å². The summed E-state index contributed by atoms with van der Waals surface area (Å²) in [5.41, 5.74) is 1.90. The molecule has 0 bridgehead atoms. The smallest absolute Gasteiger partial charge is 0.318 e. The Kier molecular flexibility index (Phi) is 6.23. The van der Waals surface area contributed by atoms with Gasteiger partial charge in [0.25, 0.3) is 0 Å². The first kappa shape index (κ1) is 19.8. The molecule has 7 heteroatoms. The molecule has 2 aromatic carbocycles. The molecule has 28 heavy (non-hydrogen) atoms. The van der Waals surface area contributed by atoms with E-state index in [1.54, 1.807) is 30.3 Å². The SMILES string of the molecule is CC(C)NC(=O)N(Cc1ccccc1F)CC1CC(c2ccc(F)cc2)=NO1. The van der Waals surface area contributed by atoms with Gasteiger partial charge in [-0.15, -0.1) is 0 Å². The van der Waals surface area contributed by atoms with Crippen LogP contribution in [0, 0.1) is 11.6 Å². The molecule has 3 rings (SSSR count). The number of rotatable bonds is 6. The van der Waals surface area contributed by atoms with E-state index in [0.29, 0.717) is 17.7 Å². The number of hydrogen-bond acceptors (Lipinski definition) is 3. The standard InChI is InChI=1S/C21H23F2N3O2/c1-14(2)24-21(27)26(12-16-5-3-4-6-19(16)23)13-18-11-20(25-28-18)15-7-9-17(22)10-8-15/h3-10,14,18H,11-13H2,1-2H3,(H,24,27). The second kappa shape index (κ2) is 8.82. The topological polar surface area (TPSA) is 53.9 Å². The van der Waals surface area contributed by atoms with E-state index >= 15 is 0 Å². The molecule has 1 aliphatic rings. The van der Waals surface area contributed by atoms with Gasteiger partial charge in [0.15, 0.2) is 6.10 Å². The van der Waals surface area contributed by atoms with E-state index in [1.165, 1.54) is 23.1 Å². The van der Waals surface area contributed by atoms with Gasteiger partial charge >= 0.3 is 6.03 Å². The molecule has 0 fully saturated rings. The van der Waals surface area contributed by atoms with Gasteiger partial charge in [-0.3, -0.25) is 0 Å². The highest BCUT2D eigenvalue weighted by Crippen LogP contribution is 2.19. The molecule has 1 unspecified atom stereocenters. The Balaban J connectivity index is 1.68. The molecule has 148 valence electrons. The third kappa shape index (κ3) is 5.06. The van der Waals surface area contributed by atoms with Crippen LogP contribution in [-0.4, -0.2) is 35.3 Å². The highest BCUT2D eigenvalue weighted by molar-refractivity contribution is 6.01. The molecular weight excluding hydrogens is 364 g/mol. The van der Waals surface area contributed by atoms with Crippen molar-refractivity contribution in [2.24, 2.45) is 5.16 Å². The lowest BCUT2D eigenvalue weighted by Gasteiger charge is -2.26. The number of carbonyl (C=O) groups excluding carboxylic acids is 1. The van der Waals surface area contributed by atoms with Crippen molar-refractivity contribution in [3.63, 3.8) is 0 Å². The lowest BCUT2D eigenvalue weighted by Crippen LogP contribution is -2.45. The second-order valence-electron chi connectivity index (χ2n) is 7.05. The van der Waals surface area contributed by atoms with E-state index in [2.05, 4.69) is 10.5 Å². The van der Waals surface area contributed by atoms with E-state index in [-0.39, 0.29) is 42.9 Å². The fourth-order valence-corrected chi connectivity index (χ4v) is 2.97.